The molecule has 1 saturated heterocycles. The topological polar surface area (TPSA) is 45.1 Å². The Kier molecular flexibility index (Phi) is 5.02. The standard InChI is InChI=1S/C14H20N2O2/c17-15-12-13-6-2-3-7-14(13)18-11-10-16-8-4-1-5-9-16/h2-3,6-7,12,17H,1,4-5,8-11H2. The van der Waals surface area contributed by atoms with Gasteiger partial charge < -0.3 is 9.94 Å². The molecular weight excluding hydrogens is 228 g/mol. The Bertz CT molecular complexity index is 387. The third-order valence-electron chi connectivity index (χ3n) is 3.23. The summed E-state index contributed by atoms with van der Waals surface area (Å²) in [7, 11) is 0. The van der Waals surface area contributed by atoms with E-state index in [0.29, 0.717) is 6.61 Å². The fraction of sp³-hybridized carbons (Fsp3) is 0.500. The van der Waals surface area contributed by atoms with E-state index in [1.165, 1.54) is 38.6 Å². The molecule has 98 valence electrons. The zero-order valence-corrected chi connectivity index (χ0v) is 10.6. The van der Waals surface area contributed by atoms with Crippen LogP contribution in [0.5, 0.6) is 5.75 Å². The molecule has 2 rings (SSSR count). The molecule has 1 fully saturated rings. The van der Waals surface area contributed by atoms with Gasteiger partial charge in [0.05, 0.1) is 6.21 Å². The summed E-state index contributed by atoms with van der Waals surface area (Å²) in [6, 6.07) is 7.59. The Hall–Kier alpha value is -1.55. The van der Waals surface area contributed by atoms with Gasteiger partial charge in [-0.3, -0.25) is 4.90 Å². The first kappa shape index (κ1) is 12.9. The molecule has 0 spiro atoms. The van der Waals surface area contributed by atoms with E-state index >= 15 is 0 Å². The van der Waals surface area contributed by atoms with E-state index in [9.17, 15) is 0 Å². The van der Waals surface area contributed by atoms with Crippen LogP contribution in [0.15, 0.2) is 29.4 Å². The van der Waals surface area contributed by atoms with Gasteiger partial charge in [0.25, 0.3) is 0 Å². The second-order valence-corrected chi connectivity index (χ2v) is 4.53. The van der Waals surface area contributed by atoms with Gasteiger partial charge in [-0.25, -0.2) is 0 Å². The minimum absolute atomic E-state index is 0.677. The van der Waals surface area contributed by atoms with Crippen molar-refractivity contribution < 1.29 is 9.94 Å². The van der Waals surface area contributed by atoms with Gasteiger partial charge in [-0.15, -0.1) is 0 Å². The molecule has 0 aromatic heterocycles. The molecule has 0 radical (unpaired) electrons. The molecule has 1 aromatic carbocycles. The Balaban J connectivity index is 1.82. The van der Waals surface area contributed by atoms with Crippen molar-refractivity contribution in [3.8, 4) is 5.75 Å². The third-order valence-corrected chi connectivity index (χ3v) is 3.23. The quantitative estimate of drug-likeness (QED) is 0.494. The van der Waals surface area contributed by atoms with E-state index in [4.69, 9.17) is 9.94 Å². The lowest BCUT2D eigenvalue weighted by Gasteiger charge is -2.26. The molecule has 1 aliphatic rings. The number of para-hydroxylation sites is 1. The summed E-state index contributed by atoms with van der Waals surface area (Å²) in [6.07, 6.45) is 5.35. The van der Waals surface area contributed by atoms with Crippen molar-refractivity contribution in [2.45, 2.75) is 19.3 Å². The van der Waals surface area contributed by atoms with Gasteiger partial charge in [0, 0.05) is 12.1 Å². The van der Waals surface area contributed by atoms with Gasteiger partial charge >= 0.3 is 0 Å². The molecule has 1 aliphatic heterocycles. The number of hydrogen-bond acceptors (Lipinski definition) is 4. The van der Waals surface area contributed by atoms with Crippen LogP contribution in [-0.4, -0.2) is 42.6 Å². The summed E-state index contributed by atoms with van der Waals surface area (Å²) in [4.78, 5) is 2.44. The molecule has 0 atom stereocenters. The largest absolute Gasteiger partial charge is 0.492 e. The summed E-state index contributed by atoms with van der Waals surface area (Å²) in [5.41, 5.74) is 0.804. The lowest BCUT2D eigenvalue weighted by Crippen LogP contribution is -2.33. The highest BCUT2D eigenvalue weighted by Gasteiger charge is 2.09. The number of nitrogens with zero attached hydrogens (tertiary/aromatic N) is 2. The van der Waals surface area contributed by atoms with Crippen LogP contribution >= 0.6 is 0 Å². The van der Waals surface area contributed by atoms with Gasteiger partial charge in [0.2, 0.25) is 0 Å². The second-order valence-electron chi connectivity index (χ2n) is 4.53. The summed E-state index contributed by atoms with van der Waals surface area (Å²) < 4.78 is 5.75. The predicted molar refractivity (Wildman–Crippen MR) is 71.6 cm³/mol. The summed E-state index contributed by atoms with van der Waals surface area (Å²) >= 11 is 0. The molecule has 0 bridgehead atoms. The van der Waals surface area contributed by atoms with Crippen molar-refractivity contribution >= 4 is 6.21 Å². The van der Waals surface area contributed by atoms with Gasteiger partial charge in [0.15, 0.2) is 0 Å². The number of ether oxygens (including phenoxy) is 1. The molecule has 1 aromatic rings. The zero-order chi connectivity index (χ0) is 12.6. The number of benzene rings is 1. The third kappa shape index (κ3) is 3.74. The highest BCUT2D eigenvalue weighted by Crippen LogP contribution is 2.16. The van der Waals surface area contributed by atoms with Crippen LogP contribution in [0, 0.1) is 0 Å². The van der Waals surface area contributed by atoms with Crippen LogP contribution in [-0.2, 0) is 0 Å². The second kappa shape index (κ2) is 7.01. The van der Waals surface area contributed by atoms with Crippen molar-refractivity contribution in [2.75, 3.05) is 26.2 Å². The average molecular weight is 248 g/mol. The summed E-state index contributed by atoms with van der Waals surface area (Å²) in [5.74, 6) is 0.771. The predicted octanol–water partition coefficient (Wildman–Crippen LogP) is 2.36. The number of oxime groups is 1. The Morgan fingerprint density at radius 2 is 2.00 bits per heavy atom. The van der Waals surface area contributed by atoms with E-state index < -0.39 is 0 Å². The van der Waals surface area contributed by atoms with E-state index in [2.05, 4.69) is 10.1 Å². The Labute approximate surface area is 108 Å². The molecule has 0 unspecified atom stereocenters. The Morgan fingerprint density at radius 1 is 1.22 bits per heavy atom. The first-order valence-corrected chi connectivity index (χ1v) is 6.52. The number of rotatable bonds is 5. The van der Waals surface area contributed by atoms with E-state index in [1.807, 2.05) is 24.3 Å². The lowest BCUT2D eigenvalue weighted by atomic mass is 10.1. The number of piperidine rings is 1. The smallest absolute Gasteiger partial charge is 0.128 e. The van der Waals surface area contributed by atoms with Crippen LogP contribution in [0.2, 0.25) is 0 Å². The highest BCUT2D eigenvalue weighted by molar-refractivity contribution is 5.82. The van der Waals surface area contributed by atoms with Crippen LogP contribution < -0.4 is 4.74 Å². The maximum Gasteiger partial charge on any atom is 0.128 e. The van der Waals surface area contributed by atoms with Crippen molar-refractivity contribution in [1.82, 2.24) is 4.90 Å². The fourth-order valence-electron chi connectivity index (χ4n) is 2.25. The molecule has 0 amide bonds. The molecule has 1 heterocycles. The van der Waals surface area contributed by atoms with Gasteiger partial charge in [0.1, 0.15) is 12.4 Å². The molecule has 1 N–H and O–H groups in total. The van der Waals surface area contributed by atoms with E-state index in [0.717, 1.165) is 17.9 Å². The summed E-state index contributed by atoms with van der Waals surface area (Å²) in [6.45, 7) is 4.01. The molecule has 4 nitrogen and oxygen atoms in total. The van der Waals surface area contributed by atoms with Crippen molar-refractivity contribution in [1.29, 1.82) is 0 Å². The van der Waals surface area contributed by atoms with Gasteiger partial charge in [-0.1, -0.05) is 23.7 Å². The first-order chi connectivity index (χ1) is 8.90. The minimum Gasteiger partial charge on any atom is -0.492 e. The SMILES string of the molecule is ON=Cc1ccccc1OCCN1CCCCC1. The molecule has 0 saturated carbocycles. The van der Waals surface area contributed by atoms with E-state index in [1.54, 1.807) is 0 Å². The number of hydrogen-bond donors (Lipinski definition) is 1. The lowest BCUT2D eigenvalue weighted by molar-refractivity contribution is 0.183. The highest BCUT2D eigenvalue weighted by atomic mass is 16.5. The van der Waals surface area contributed by atoms with Crippen molar-refractivity contribution in [2.24, 2.45) is 5.16 Å². The van der Waals surface area contributed by atoms with Crippen molar-refractivity contribution in [3.05, 3.63) is 29.8 Å². The minimum atomic E-state index is 0.677. The fourth-order valence-corrected chi connectivity index (χ4v) is 2.25. The number of likely N-dealkylation sites (tertiary alicyclic amines) is 1. The summed E-state index contributed by atoms with van der Waals surface area (Å²) in [5, 5.41) is 11.6. The van der Waals surface area contributed by atoms with Crippen LogP contribution in [0.1, 0.15) is 24.8 Å². The molecule has 4 heteroatoms. The van der Waals surface area contributed by atoms with Crippen molar-refractivity contribution in [3.63, 3.8) is 0 Å². The zero-order valence-electron chi connectivity index (χ0n) is 10.6. The molecule has 18 heavy (non-hydrogen) atoms. The van der Waals surface area contributed by atoms with E-state index in [-0.39, 0.29) is 0 Å². The maximum absolute atomic E-state index is 8.58. The average Bonchev–Trinajstić information content (AvgIpc) is 2.42. The Morgan fingerprint density at radius 3 is 2.78 bits per heavy atom. The first-order valence-electron chi connectivity index (χ1n) is 6.52. The van der Waals surface area contributed by atoms with Gasteiger partial charge in [-0.05, 0) is 38.1 Å². The van der Waals surface area contributed by atoms with Crippen LogP contribution in [0.25, 0.3) is 0 Å². The van der Waals surface area contributed by atoms with Crippen LogP contribution in [0.4, 0.5) is 0 Å². The molecule has 0 aliphatic carbocycles. The van der Waals surface area contributed by atoms with Gasteiger partial charge in [-0.2, -0.15) is 0 Å². The monoisotopic (exact) mass is 248 g/mol. The maximum atomic E-state index is 8.58. The normalized spacial score (nSPS) is 17.1. The van der Waals surface area contributed by atoms with Crippen LogP contribution in [0.3, 0.4) is 0 Å². The molecular formula is C14H20N2O2.